The van der Waals surface area contributed by atoms with Crippen LogP contribution in [-0.4, -0.2) is 36.7 Å². The van der Waals surface area contributed by atoms with E-state index < -0.39 is 47.6 Å². The number of halogens is 6. The molecule has 2 aromatic rings. The van der Waals surface area contributed by atoms with Crippen molar-refractivity contribution in [3.63, 3.8) is 0 Å². The van der Waals surface area contributed by atoms with Gasteiger partial charge < -0.3 is 9.47 Å². The molecule has 2 aliphatic rings. The second-order valence-corrected chi connectivity index (χ2v) is 10.4. The Morgan fingerprint density at radius 1 is 0.974 bits per heavy atom. The fourth-order valence-corrected chi connectivity index (χ4v) is 6.34. The van der Waals surface area contributed by atoms with Crippen LogP contribution in [0.2, 0.25) is 0 Å². The van der Waals surface area contributed by atoms with Gasteiger partial charge in [-0.3, -0.25) is 9.69 Å². The first-order valence-electron chi connectivity index (χ1n) is 13.2. The van der Waals surface area contributed by atoms with Crippen molar-refractivity contribution in [3.05, 3.63) is 70.8 Å². The molecule has 4 unspecified atom stereocenters. The summed E-state index contributed by atoms with van der Waals surface area (Å²) in [6.45, 7) is 2.34. The van der Waals surface area contributed by atoms with Gasteiger partial charge in [-0.1, -0.05) is 50.1 Å². The minimum atomic E-state index is -4.94. The maximum atomic E-state index is 13.4. The Labute approximate surface area is 224 Å². The minimum Gasteiger partial charge on any atom is -0.469 e. The fourth-order valence-electron chi connectivity index (χ4n) is 6.34. The van der Waals surface area contributed by atoms with E-state index in [0.29, 0.717) is 37.9 Å². The summed E-state index contributed by atoms with van der Waals surface area (Å²) in [6.07, 6.45) is -6.09. The summed E-state index contributed by atoms with van der Waals surface area (Å²) in [5, 5.41) is 0. The predicted molar refractivity (Wildman–Crippen MR) is 133 cm³/mol. The third-order valence-corrected chi connectivity index (χ3v) is 8.04. The van der Waals surface area contributed by atoms with Crippen LogP contribution >= 0.6 is 0 Å². The third kappa shape index (κ3) is 5.96. The van der Waals surface area contributed by atoms with Crippen molar-refractivity contribution in [3.8, 4) is 0 Å². The number of methoxy groups -OCH3 is 1. The number of fused-ring (bicyclic) bond motifs is 2. The second kappa shape index (κ2) is 11.5. The van der Waals surface area contributed by atoms with Crippen LogP contribution < -0.4 is 0 Å². The summed E-state index contributed by atoms with van der Waals surface area (Å²) in [7, 11) is 1.35. The Morgan fingerprint density at radius 2 is 1.62 bits per heavy atom. The maximum absolute atomic E-state index is 13.4. The van der Waals surface area contributed by atoms with Crippen LogP contribution in [0.3, 0.4) is 0 Å². The number of carbonyl (C=O) groups excluding carboxylic acids is 1. The van der Waals surface area contributed by atoms with E-state index in [2.05, 4.69) is 11.8 Å². The van der Waals surface area contributed by atoms with Gasteiger partial charge >= 0.3 is 18.3 Å². The van der Waals surface area contributed by atoms with E-state index in [-0.39, 0.29) is 23.6 Å². The summed E-state index contributed by atoms with van der Waals surface area (Å²) in [5.41, 5.74) is -2.81. The van der Waals surface area contributed by atoms with Crippen molar-refractivity contribution < 1.29 is 40.6 Å². The molecule has 0 aromatic heterocycles. The average molecular weight is 558 g/mol. The van der Waals surface area contributed by atoms with E-state index in [1.54, 1.807) is 0 Å². The number of benzene rings is 2. The lowest BCUT2D eigenvalue weighted by atomic mass is 9.78. The molecule has 214 valence electrons. The summed E-state index contributed by atoms with van der Waals surface area (Å²) >= 11 is 0. The van der Waals surface area contributed by atoms with Crippen LogP contribution in [-0.2, 0) is 38.8 Å². The van der Waals surface area contributed by atoms with E-state index in [4.69, 9.17) is 9.47 Å². The molecule has 2 fully saturated rings. The maximum Gasteiger partial charge on any atom is 0.416 e. The van der Waals surface area contributed by atoms with Crippen LogP contribution in [0, 0.1) is 5.92 Å². The van der Waals surface area contributed by atoms with Crippen molar-refractivity contribution in [2.75, 3.05) is 13.7 Å². The van der Waals surface area contributed by atoms with Gasteiger partial charge in [0.05, 0.1) is 42.4 Å². The molecule has 39 heavy (non-hydrogen) atoms. The van der Waals surface area contributed by atoms with E-state index in [9.17, 15) is 31.1 Å². The molecule has 0 spiro atoms. The highest BCUT2D eigenvalue weighted by Gasteiger charge is 2.61. The average Bonchev–Trinajstić information content (AvgIpc) is 3.12. The molecule has 0 saturated carbocycles. The van der Waals surface area contributed by atoms with Crippen LogP contribution in [0.1, 0.15) is 67.7 Å². The first kappa shape index (κ1) is 29.4. The lowest BCUT2D eigenvalue weighted by Gasteiger charge is -2.50. The molecule has 0 aliphatic carbocycles. The minimum absolute atomic E-state index is 0.0975. The summed E-state index contributed by atoms with van der Waals surface area (Å²) in [6, 6.07) is 10.9. The number of piperidine rings is 1. The Hall–Kier alpha value is -2.59. The molecule has 10 heteroatoms. The molecule has 4 nitrogen and oxygen atoms in total. The van der Waals surface area contributed by atoms with Gasteiger partial charge in [0.1, 0.15) is 0 Å². The van der Waals surface area contributed by atoms with Crippen LogP contribution in [0.15, 0.2) is 48.5 Å². The van der Waals surface area contributed by atoms with Crippen LogP contribution in [0.25, 0.3) is 0 Å². The second-order valence-electron chi connectivity index (χ2n) is 10.4. The molecule has 2 heterocycles. The number of nitrogens with zero attached hydrogens (tertiary/aromatic N) is 1. The topological polar surface area (TPSA) is 38.8 Å². The highest BCUT2D eigenvalue weighted by molar-refractivity contribution is 5.74. The Balaban J connectivity index is 1.72. The number of ether oxygens (including phenoxy) is 2. The molecule has 2 aromatic carbocycles. The van der Waals surface area contributed by atoms with Gasteiger partial charge in [0.25, 0.3) is 0 Å². The number of esters is 1. The van der Waals surface area contributed by atoms with Gasteiger partial charge in [-0.15, -0.1) is 0 Å². The molecule has 0 N–H and O–H groups in total. The largest absolute Gasteiger partial charge is 0.469 e. The lowest BCUT2D eigenvalue weighted by Crippen LogP contribution is -2.57. The zero-order chi connectivity index (χ0) is 28.4. The molecular formula is C29H33F6NO3. The number of hydrogen-bond donors (Lipinski definition) is 0. The van der Waals surface area contributed by atoms with Gasteiger partial charge in [0, 0.05) is 6.04 Å². The molecule has 0 radical (unpaired) electrons. The molecule has 2 bridgehead atoms. The standard InChI is InChI=1S/C29H33F6NO3/c1-3-4-8-13-36-24-11-12-25(27(36,17-23(24)26(37)38-2)20-9-6-5-7-10-20)39-18-19-14-21(28(30,31)32)16-22(15-19)29(33,34)35/h5-7,9-10,14-16,23-25H,3-4,8,11-13,17-18H2,1-2H3. The fraction of sp³-hybridized carbons (Fsp3) is 0.552. The smallest absolute Gasteiger partial charge is 0.416 e. The van der Waals surface area contributed by atoms with E-state index >= 15 is 0 Å². The monoisotopic (exact) mass is 557 g/mol. The first-order chi connectivity index (χ1) is 18.4. The molecule has 0 amide bonds. The van der Waals surface area contributed by atoms with Crippen LogP contribution in [0.4, 0.5) is 26.3 Å². The van der Waals surface area contributed by atoms with Gasteiger partial charge in [-0.2, -0.15) is 26.3 Å². The van der Waals surface area contributed by atoms with Crippen molar-refractivity contribution in [2.24, 2.45) is 5.92 Å². The van der Waals surface area contributed by atoms with Crippen molar-refractivity contribution >= 4 is 5.97 Å². The van der Waals surface area contributed by atoms with Gasteiger partial charge in [0.15, 0.2) is 0 Å². The Bertz CT molecular complexity index is 1100. The van der Waals surface area contributed by atoms with Crippen LogP contribution in [0.5, 0.6) is 0 Å². The van der Waals surface area contributed by atoms with E-state index in [1.807, 2.05) is 30.3 Å². The molecular weight excluding hydrogens is 524 g/mol. The van der Waals surface area contributed by atoms with E-state index in [0.717, 1.165) is 24.8 Å². The number of unbranched alkanes of at least 4 members (excludes halogenated alkanes) is 2. The number of rotatable bonds is 9. The predicted octanol–water partition coefficient (Wildman–Crippen LogP) is 7.35. The van der Waals surface area contributed by atoms with Crippen molar-refractivity contribution in [1.29, 1.82) is 0 Å². The first-order valence-corrected chi connectivity index (χ1v) is 13.2. The highest BCUT2D eigenvalue weighted by Crippen LogP contribution is 2.54. The quantitative estimate of drug-likeness (QED) is 0.184. The number of hydrogen-bond acceptors (Lipinski definition) is 4. The molecule has 2 saturated heterocycles. The van der Waals surface area contributed by atoms with Gasteiger partial charge in [-0.05, 0) is 61.6 Å². The molecule has 4 rings (SSSR count). The highest BCUT2D eigenvalue weighted by atomic mass is 19.4. The zero-order valence-electron chi connectivity index (χ0n) is 21.9. The number of carbonyl (C=O) groups is 1. The molecule has 2 aliphatic heterocycles. The van der Waals surface area contributed by atoms with Crippen molar-refractivity contribution in [1.82, 2.24) is 4.90 Å². The normalized spacial score (nSPS) is 25.6. The zero-order valence-corrected chi connectivity index (χ0v) is 21.9. The summed E-state index contributed by atoms with van der Waals surface area (Å²) in [4.78, 5) is 15.1. The van der Waals surface area contributed by atoms with Crippen molar-refractivity contribution in [2.45, 2.75) is 82.1 Å². The Kier molecular flexibility index (Phi) is 8.66. The third-order valence-electron chi connectivity index (χ3n) is 8.04. The lowest BCUT2D eigenvalue weighted by molar-refractivity contribution is -0.147. The SMILES string of the molecule is CCCCCN1C2CCC(OCc3cc(C(F)(F)F)cc(C(F)(F)F)c3)C1(c1ccccc1)CC2C(=O)OC. The number of alkyl halides is 6. The van der Waals surface area contributed by atoms with Gasteiger partial charge in [-0.25, -0.2) is 0 Å². The summed E-state index contributed by atoms with van der Waals surface area (Å²) in [5.74, 6) is -0.748. The Morgan fingerprint density at radius 3 is 2.18 bits per heavy atom. The summed E-state index contributed by atoms with van der Waals surface area (Å²) < 4.78 is 92.0. The van der Waals surface area contributed by atoms with Gasteiger partial charge in [0.2, 0.25) is 0 Å². The van der Waals surface area contributed by atoms with E-state index in [1.165, 1.54) is 7.11 Å². The molecule has 4 atom stereocenters.